The maximum absolute atomic E-state index is 11.4. The number of rotatable bonds is 4. The molecule has 0 bridgehead atoms. The lowest BCUT2D eigenvalue weighted by Gasteiger charge is -2.30. The summed E-state index contributed by atoms with van der Waals surface area (Å²) in [5, 5.41) is 9.36. The Morgan fingerprint density at radius 3 is 2.40 bits per heavy atom. The molecule has 20 heavy (non-hydrogen) atoms. The summed E-state index contributed by atoms with van der Waals surface area (Å²) < 4.78 is 22.7. The minimum atomic E-state index is -2.87. The molecule has 1 fully saturated rings. The van der Waals surface area contributed by atoms with E-state index in [1.54, 1.807) is 0 Å². The Bertz CT molecular complexity index is 581. The highest BCUT2D eigenvalue weighted by molar-refractivity contribution is 7.91. The average molecular weight is 293 g/mol. The fourth-order valence-corrected chi connectivity index (χ4v) is 3.59. The lowest BCUT2D eigenvalue weighted by Crippen LogP contribution is -2.44. The van der Waals surface area contributed by atoms with Gasteiger partial charge in [0.1, 0.15) is 5.54 Å². The maximum Gasteiger partial charge on any atom is 0.152 e. The standard InChI is InChI=1S/C14H19N3O2S/c15-12-14(16,13-4-2-1-3-5-13)6-7-17-8-10-20(18,19)11-9-17/h1-5H,6-11,16H2. The monoisotopic (exact) mass is 293 g/mol. The fraction of sp³-hybridized carbons (Fsp3) is 0.500. The average Bonchev–Trinajstić information content (AvgIpc) is 2.47. The number of benzene rings is 1. The lowest BCUT2D eigenvalue weighted by atomic mass is 9.89. The van der Waals surface area contributed by atoms with E-state index in [9.17, 15) is 13.7 Å². The van der Waals surface area contributed by atoms with E-state index < -0.39 is 15.4 Å². The molecule has 0 saturated carbocycles. The second-order valence-electron chi connectivity index (χ2n) is 5.19. The van der Waals surface area contributed by atoms with Gasteiger partial charge in [0.05, 0.1) is 17.6 Å². The van der Waals surface area contributed by atoms with Crippen molar-refractivity contribution in [2.75, 3.05) is 31.1 Å². The Morgan fingerprint density at radius 1 is 1.25 bits per heavy atom. The summed E-state index contributed by atoms with van der Waals surface area (Å²) in [4.78, 5) is 2.06. The van der Waals surface area contributed by atoms with Gasteiger partial charge >= 0.3 is 0 Å². The fourth-order valence-electron chi connectivity index (χ4n) is 2.31. The Morgan fingerprint density at radius 2 is 1.85 bits per heavy atom. The molecule has 1 aliphatic heterocycles. The van der Waals surface area contributed by atoms with Crippen molar-refractivity contribution in [3.63, 3.8) is 0 Å². The molecule has 1 unspecified atom stereocenters. The topological polar surface area (TPSA) is 87.2 Å². The van der Waals surface area contributed by atoms with Crippen LogP contribution in [0.4, 0.5) is 0 Å². The van der Waals surface area contributed by atoms with Crippen LogP contribution < -0.4 is 5.73 Å². The first kappa shape index (κ1) is 15.0. The number of nitriles is 1. The zero-order chi connectivity index (χ0) is 14.6. The van der Waals surface area contributed by atoms with Crippen LogP contribution in [-0.4, -0.2) is 44.5 Å². The summed E-state index contributed by atoms with van der Waals surface area (Å²) in [6.45, 7) is 1.69. The molecule has 0 radical (unpaired) electrons. The van der Waals surface area contributed by atoms with Crippen LogP contribution in [0.2, 0.25) is 0 Å². The van der Waals surface area contributed by atoms with E-state index in [0.29, 0.717) is 26.1 Å². The zero-order valence-electron chi connectivity index (χ0n) is 11.3. The molecule has 0 aromatic heterocycles. The quantitative estimate of drug-likeness (QED) is 0.872. The SMILES string of the molecule is N#CC(N)(CCN1CCS(=O)(=O)CC1)c1ccccc1. The number of hydrogen-bond donors (Lipinski definition) is 1. The van der Waals surface area contributed by atoms with Gasteiger partial charge in [-0.25, -0.2) is 8.42 Å². The maximum atomic E-state index is 11.4. The van der Waals surface area contributed by atoms with Crippen LogP contribution in [0.25, 0.3) is 0 Å². The van der Waals surface area contributed by atoms with Crippen molar-refractivity contribution < 1.29 is 8.42 Å². The van der Waals surface area contributed by atoms with Gasteiger partial charge in [0.15, 0.2) is 9.84 Å². The van der Waals surface area contributed by atoms with Crippen molar-refractivity contribution in [3.8, 4) is 6.07 Å². The third kappa shape index (κ3) is 3.57. The summed E-state index contributed by atoms with van der Waals surface area (Å²) in [5.41, 5.74) is 5.97. The van der Waals surface area contributed by atoms with Crippen molar-refractivity contribution >= 4 is 9.84 Å². The number of nitrogens with two attached hydrogens (primary N) is 1. The molecule has 6 heteroatoms. The molecule has 1 atom stereocenters. The molecule has 108 valence electrons. The van der Waals surface area contributed by atoms with Gasteiger partial charge in [-0.3, -0.25) is 0 Å². The Hall–Kier alpha value is -1.42. The van der Waals surface area contributed by atoms with E-state index in [4.69, 9.17) is 5.73 Å². The normalized spacial score (nSPS) is 21.8. The third-order valence-electron chi connectivity index (χ3n) is 3.75. The Balaban J connectivity index is 1.97. The van der Waals surface area contributed by atoms with Crippen LogP contribution in [0.3, 0.4) is 0 Å². The minimum absolute atomic E-state index is 0.197. The van der Waals surface area contributed by atoms with Gasteiger partial charge in [0.2, 0.25) is 0 Å². The molecule has 1 aromatic rings. The lowest BCUT2D eigenvalue weighted by molar-refractivity contribution is 0.271. The van der Waals surface area contributed by atoms with Crippen molar-refractivity contribution in [2.24, 2.45) is 5.73 Å². The second-order valence-corrected chi connectivity index (χ2v) is 7.50. The summed E-state index contributed by atoms with van der Waals surface area (Å²) in [6, 6.07) is 11.5. The highest BCUT2D eigenvalue weighted by Gasteiger charge is 2.29. The molecule has 0 amide bonds. The second kappa shape index (κ2) is 5.92. The van der Waals surface area contributed by atoms with Crippen molar-refractivity contribution in [3.05, 3.63) is 35.9 Å². The summed E-state index contributed by atoms with van der Waals surface area (Å²) in [5.74, 6) is 0.394. The van der Waals surface area contributed by atoms with E-state index in [0.717, 1.165) is 5.56 Å². The van der Waals surface area contributed by atoms with Gasteiger partial charge in [-0.05, 0) is 12.0 Å². The molecule has 5 nitrogen and oxygen atoms in total. The minimum Gasteiger partial charge on any atom is -0.310 e. The van der Waals surface area contributed by atoms with Crippen LogP contribution in [0.15, 0.2) is 30.3 Å². The van der Waals surface area contributed by atoms with Gasteiger partial charge < -0.3 is 10.6 Å². The summed E-state index contributed by atoms with van der Waals surface area (Å²) >= 11 is 0. The van der Waals surface area contributed by atoms with Gasteiger partial charge in [-0.15, -0.1) is 0 Å². The summed E-state index contributed by atoms with van der Waals surface area (Å²) in [6.07, 6.45) is 0.494. The predicted molar refractivity (Wildman–Crippen MR) is 77.6 cm³/mol. The van der Waals surface area contributed by atoms with E-state index >= 15 is 0 Å². The number of sulfone groups is 1. The van der Waals surface area contributed by atoms with Crippen LogP contribution in [0.5, 0.6) is 0 Å². The van der Waals surface area contributed by atoms with E-state index in [-0.39, 0.29) is 11.5 Å². The molecule has 2 N–H and O–H groups in total. The van der Waals surface area contributed by atoms with Crippen molar-refractivity contribution in [1.29, 1.82) is 5.26 Å². The van der Waals surface area contributed by atoms with Crippen LogP contribution >= 0.6 is 0 Å². The van der Waals surface area contributed by atoms with Crippen molar-refractivity contribution in [1.82, 2.24) is 4.90 Å². The van der Waals surface area contributed by atoms with Gasteiger partial charge in [-0.2, -0.15) is 5.26 Å². The molecule has 0 spiro atoms. The van der Waals surface area contributed by atoms with Crippen LogP contribution in [-0.2, 0) is 15.4 Å². The van der Waals surface area contributed by atoms with E-state index in [1.165, 1.54) is 0 Å². The first-order valence-corrected chi connectivity index (χ1v) is 8.46. The molecule has 0 aliphatic carbocycles. The van der Waals surface area contributed by atoms with Gasteiger partial charge in [-0.1, -0.05) is 30.3 Å². The highest BCUT2D eigenvalue weighted by Crippen LogP contribution is 2.22. The Kier molecular flexibility index (Phi) is 4.43. The number of nitrogens with zero attached hydrogens (tertiary/aromatic N) is 2. The Labute approximate surface area is 119 Å². The highest BCUT2D eigenvalue weighted by atomic mass is 32.2. The van der Waals surface area contributed by atoms with Crippen molar-refractivity contribution in [2.45, 2.75) is 12.0 Å². The molecule has 1 aromatic carbocycles. The molecule has 1 heterocycles. The van der Waals surface area contributed by atoms with Crippen LogP contribution in [0.1, 0.15) is 12.0 Å². The largest absolute Gasteiger partial charge is 0.310 e. The van der Waals surface area contributed by atoms with Gasteiger partial charge in [0, 0.05) is 19.6 Å². The molecule has 1 saturated heterocycles. The van der Waals surface area contributed by atoms with Gasteiger partial charge in [0.25, 0.3) is 0 Å². The first-order valence-electron chi connectivity index (χ1n) is 6.64. The molecule has 2 rings (SSSR count). The van der Waals surface area contributed by atoms with Crippen LogP contribution in [0, 0.1) is 11.3 Å². The number of hydrogen-bond acceptors (Lipinski definition) is 5. The third-order valence-corrected chi connectivity index (χ3v) is 5.36. The first-order chi connectivity index (χ1) is 9.45. The summed E-state index contributed by atoms with van der Waals surface area (Å²) in [7, 11) is -2.87. The molecular weight excluding hydrogens is 274 g/mol. The van der Waals surface area contributed by atoms with E-state index in [2.05, 4.69) is 11.0 Å². The van der Waals surface area contributed by atoms with E-state index in [1.807, 2.05) is 30.3 Å². The molecular formula is C14H19N3O2S. The smallest absolute Gasteiger partial charge is 0.152 e. The zero-order valence-corrected chi connectivity index (χ0v) is 12.1. The molecule has 1 aliphatic rings. The predicted octanol–water partition coefficient (Wildman–Crippen LogP) is 0.485.